The Labute approximate surface area is 173 Å². The molecule has 2 saturated heterocycles. The molecule has 1 aromatic carbocycles. The molecule has 2 heterocycles. The Kier molecular flexibility index (Phi) is 6.01. The number of benzene rings is 1. The van der Waals surface area contributed by atoms with Crippen molar-refractivity contribution in [3.05, 3.63) is 42.0 Å². The van der Waals surface area contributed by atoms with Crippen LogP contribution < -0.4 is 5.32 Å². The first-order chi connectivity index (χ1) is 14.1. The number of nitrogens with one attached hydrogen (secondary N) is 1. The van der Waals surface area contributed by atoms with Crippen LogP contribution >= 0.6 is 0 Å². The van der Waals surface area contributed by atoms with Gasteiger partial charge in [0.25, 0.3) is 5.91 Å². The van der Waals surface area contributed by atoms with Crippen molar-refractivity contribution >= 4 is 18.0 Å². The van der Waals surface area contributed by atoms with Crippen molar-refractivity contribution in [2.24, 2.45) is 5.92 Å². The molecule has 0 radical (unpaired) electrons. The minimum Gasteiger partial charge on any atom is -0.323 e. The summed E-state index contributed by atoms with van der Waals surface area (Å²) >= 11 is 0. The number of carbonyl (C=O) groups is 2. The molecule has 1 aromatic rings. The van der Waals surface area contributed by atoms with Crippen LogP contribution in [-0.4, -0.2) is 71.6 Å². The van der Waals surface area contributed by atoms with Crippen molar-refractivity contribution in [3.63, 3.8) is 0 Å². The fraction of sp³-hybridized carbons (Fsp3) is 0.565. The lowest BCUT2D eigenvalue weighted by atomic mass is 9.77. The van der Waals surface area contributed by atoms with Crippen molar-refractivity contribution in [2.75, 3.05) is 39.4 Å². The van der Waals surface area contributed by atoms with Gasteiger partial charge in [-0.05, 0) is 37.2 Å². The summed E-state index contributed by atoms with van der Waals surface area (Å²) < 4.78 is 0. The van der Waals surface area contributed by atoms with Crippen molar-refractivity contribution in [2.45, 2.75) is 38.1 Å². The summed E-state index contributed by atoms with van der Waals surface area (Å²) in [6, 6.07) is 10.1. The molecule has 0 unspecified atom stereocenters. The predicted octanol–water partition coefficient (Wildman–Crippen LogP) is 2.78. The first kappa shape index (κ1) is 20.1. The van der Waals surface area contributed by atoms with Crippen molar-refractivity contribution in [1.29, 1.82) is 0 Å². The predicted molar refractivity (Wildman–Crippen MR) is 114 cm³/mol. The number of rotatable bonds is 5. The lowest BCUT2D eigenvalue weighted by Crippen LogP contribution is -2.52. The molecule has 1 saturated carbocycles. The van der Waals surface area contributed by atoms with E-state index < -0.39 is 5.54 Å². The Morgan fingerprint density at radius 2 is 1.69 bits per heavy atom. The van der Waals surface area contributed by atoms with Crippen LogP contribution in [0.25, 0.3) is 6.08 Å². The van der Waals surface area contributed by atoms with Crippen LogP contribution in [0.2, 0.25) is 0 Å². The highest BCUT2D eigenvalue weighted by Gasteiger charge is 2.52. The molecule has 1 spiro atoms. The lowest BCUT2D eigenvalue weighted by molar-refractivity contribution is -0.134. The summed E-state index contributed by atoms with van der Waals surface area (Å²) in [6.45, 7) is 7.21. The SMILES string of the molecule is CC1CCC2(CC1)NC(=O)N(CN1CCN(CC=Cc3ccccc3)CC1)C2=O. The van der Waals surface area contributed by atoms with Gasteiger partial charge >= 0.3 is 6.03 Å². The summed E-state index contributed by atoms with van der Waals surface area (Å²) in [7, 11) is 0. The van der Waals surface area contributed by atoms with Crippen LogP contribution in [0.1, 0.15) is 38.2 Å². The number of piperazine rings is 1. The Morgan fingerprint density at radius 1 is 1.03 bits per heavy atom. The summed E-state index contributed by atoms with van der Waals surface area (Å²) in [6.07, 6.45) is 7.93. The Hall–Kier alpha value is -2.18. The molecule has 3 amide bonds. The van der Waals surface area contributed by atoms with E-state index in [0.717, 1.165) is 58.4 Å². The highest BCUT2D eigenvalue weighted by molar-refractivity contribution is 6.07. The van der Waals surface area contributed by atoms with Gasteiger partial charge in [-0.25, -0.2) is 9.69 Å². The first-order valence-electron chi connectivity index (χ1n) is 10.9. The second-order valence-electron chi connectivity index (χ2n) is 8.80. The second-order valence-corrected chi connectivity index (χ2v) is 8.80. The third kappa shape index (κ3) is 4.54. The molecule has 6 nitrogen and oxygen atoms in total. The van der Waals surface area contributed by atoms with Crippen LogP contribution in [0.3, 0.4) is 0 Å². The summed E-state index contributed by atoms with van der Waals surface area (Å²) in [5.41, 5.74) is 0.587. The summed E-state index contributed by atoms with van der Waals surface area (Å²) in [5.74, 6) is 0.631. The van der Waals surface area contributed by atoms with E-state index in [2.05, 4.69) is 46.3 Å². The van der Waals surface area contributed by atoms with Crippen molar-refractivity contribution in [3.8, 4) is 0 Å². The van der Waals surface area contributed by atoms with E-state index in [1.54, 1.807) is 0 Å². The maximum absolute atomic E-state index is 13.0. The number of nitrogens with zero attached hydrogens (tertiary/aromatic N) is 3. The molecule has 0 bridgehead atoms. The smallest absolute Gasteiger partial charge is 0.323 e. The first-order valence-corrected chi connectivity index (χ1v) is 10.9. The van der Waals surface area contributed by atoms with Crippen LogP contribution in [0, 0.1) is 5.92 Å². The largest absolute Gasteiger partial charge is 0.326 e. The lowest BCUT2D eigenvalue weighted by Gasteiger charge is -2.36. The van der Waals surface area contributed by atoms with Crippen molar-refractivity contribution < 1.29 is 9.59 Å². The Bertz CT molecular complexity index is 747. The number of hydrogen-bond acceptors (Lipinski definition) is 4. The minimum atomic E-state index is -0.631. The highest BCUT2D eigenvalue weighted by atomic mass is 16.2. The molecule has 156 valence electrons. The average Bonchev–Trinajstić information content (AvgIpc) is 2.96. The molecule has 1 N–H and O–H groups in total. The number of imide groups is 1. The van der Waals surface area contributed by atoms with Gasteiger partial charge < -0.3 is 5.32 Å². The number of urea groups is 1. The van der Waals surface area contributed by atoms with E-state index in [9.17, 15) is 9.59 Å². The van der Waals surface area contributed by atoms with Gasteiger partial charge in [0.05, 0.1) is 6.67 Å². The quantitative estimate of drug-likeness (QED) is 0.778. The maximum atomic E-state index is 13.0. The maximum Gasteiger partial charge on any atom is 0.326 e. The van der Waals surface area contributed by atoms with Gasteiger partial charge in [-0.3, -0.25) is 14.6 Å². The standard InChI is InChI=1S/C23H32N4O2/c1-19-9-11-23(12-10-19)21(28)27(22(29)24-23)18-26-16-14-25(15-17-26)13-5-8-20-6-3-2-4-7-20/h2-8,19H,9-18H2,1H3,(H,24,29). The molecule has 0 atom stereocenters. The van der Waals surface area contributed by atoms with E-state index in [0.29, 0.717) is 12.6 Å². The number of amides is 3. The van der Waals surface area contributed by atoms with Crippen LogP contribution in [-0.2, 0) is 4.79 Å². The normalized spacial score (nSPS) is 29.1. The molecule has 3 aliphatic rings. The third-order valence-electron chi connectivity index (χ3n) is 6.65. The Morgan fingerprint density at radius 3 is 2.38 bits per heavy atom. The molecule has 1 aliphatic carbocycles. The number of hydrogen-bond donors (Lipinski definition) is 1. The highest BCUT2D eigenvalue weighted by Crippen LogP contribution is 2.36. The van der Waals surface area contributed by atoms with Crippen LogP contribution in [0.15, 0.2) is 36.4 Å². The number of carbonyl (C=O) groups excluding carboxylic acids is 2. The topological polar surface area (TPSA) is 55.9 Å². The zero-order chi connectivity index (χ0) is 20.3. The molecular formula is C23H32N4O2. The van der Waals surface area contributed by atoms with Gasteiger partial charge in [-0.2, -0.15) is 0 Å². The summed E-state index contributed by atoms with van der Waals surface area (Å²) in [5, 5.41) is 3.02. The van der Waals surface area contributed by atoms with E-state index >= 15 is 0 Å². The molecule has 3 fully saturated rings. The zero-order valence-electron chi connectivity index (χ0n) is 17.3. The second kappa shape index (κ2) is 8.67. The molecular weight excluding hydrogens is 364 g/mol. The molecule has 2 aliphatic heterocycles. The molecule has 0 aromatic heterocycles. The van der Waals surface area contributed by atoms with Gasteiger partial charge in [0.1, 0.15) is 5.54 Å². The van der Waals surface area contributed by atoms with Crippen molar-refractivity contribution in [1.82, 2.24) is 20.0 Å². The Balaban J connectivity index is 1.25. The van der Waals surface area contributed by atoms with Gasteiger partial charge in [0, 0.05) is 32.7 Å². The third-order valence-corrected chi connectivity index (χ3v) is 6.65. The fourth-order valence-corrected chi connectivity index (χ4v) is 4.61. The summed E-state index contributed by atoms with van der Waals surface area (Å²) in [4.78, 5) is 31.6. The van der Waals surface area contributed by atoms with Gasteiger partial charge in [0.2, 0.25) is 0 Å². The monoisotopic (exact) mass is 396 g/mol. The van der Waals surface area contributed by atoms with E-state index in [4.69, 9.17) is 0 Å². The van der Waals surface area contributed by atoms with Crippen LogP contribution in [0.4, 0.5) is 4.79 Å². The molecule has 29 heavy (non-hydrogen) atoms. The molecule has 6 heteroatoms. The fourth-order valence-electron chi connectivity index (χ4n) is 4.61. The average molecular weight is 397 g/mol. The zero-order valence-corrected chi connectivity index (χ0v) is 17.3. The van der Waals surface area contributed by atoms with E-state index in [-0.39, 0.29) is 11.9 Å². The minimum absolute atomic E-state index is 0.0115. The van der Waals surface area contributed by atoms with E-state index in [1.165, 1.54) is 10.5 Å². The van der Waals surface area contributed by atoms with Gasteiger partial charge in [-0.1, -0.05) is 49.4 Å². The van der Waals surface area contributed by atoms with Crippen LogP contribution in [0.5, 0.6) is 0 Å². The van der Waals surface area contributed by atoms with Gasteiger partial charge in [-0.15, -0.1) is 0 Å². The van der Waals surface area contributed by atoms with E-state index in [1.807, 2.05) is 18.2 Å². The molecule has 4 rings (SSSR count). The van der Waals surface area contributed by atoms with Gasteiger partial charge in [0.15, 0.2) is 0 Å².